The maximum atomic E-state index is 13.8. The molecular weight excluding hydrogens is 372 g/mol. The molecule has 3 aliphatic rings. The molecule has 0 spiro atoms. The maximum Gasteiger partial charge on any atom is 0.163 e. The smallest absolute Gasteiger partial charge is 0.163 e. The summed E-state index contributed by atoms with van der Waals surface area (Å²) in [5.74, 6) is 3.17. The summed E-state index contributed by atoms with van der Waals surface area (Å²) in [7, 11) is 3.62. The molecule has 4 rings (SSSR count). The third kappa shape index (κ3) is 3.86. The highest BCUT2D eigenvalue weighted by Gasteiger charge is 2.48. The summed E-state index contributed by atoms with van der Waals surface area (Å²) in [5.41, 5.74) is 3.99. The van der Waals surface area contributed by atoms with E-state index < -0.39 is 0 Å². The minimum absolute atomic E-state index is 0.106. The van der Waals surface area contributed by atoms with Gasteiger partial charge in [0.2, 0.25) is 0 Å². The Balaban J connectivity index is 1.75. The molecule has 2 unspecified atom stereocenters. The summed E-state index contributed by atoms with van der Waals surface area (Å²) in [4.78, 5) is 13.8. The second-order valence-corrected chi connectivity index (χ2v) is 11.0. The number of fused-ring (bicyclic) bond motifs is 3. The van der Waals surface area contributed by atoms with Gasteiger partial charge in [0.15, 0.2) is 5.78 Å². The lowest BCUT2D eigenvalue weighted by molar-refractivity contribution is -0.131. The van der Waals surface area contributed by atoms with Crippen LogP contribution in [0.15, 0.2) is 18.2 Å². The minimum Gasteiger partial charge on any atom is -0.495 e. The van der Waals surface area contributed by atoms with Crippen LogP contribution in [0.4, 0.5) is 5.69 Å². The molecule has 2 fully saturated rings. The summed E-state index contributed by atoms with van der Waals surface area (Å²) in [5, 5.41) is 6.91. The number of carbonyl (C=O) groups is 1. The largest absolute Gasteiger partial charge is 0.495 e. The SMILES string of the molecule is CNc1cc2c(cc1OC)CC(C)(C)N/C2=C\C(=O)C12CC(C)CC(CC(C)C1)C2. The molecule has 2 bridgehead atoms. The van der Waals surface area contributed by atoms with Crippen LogP contribution in [0.25, 0.3) is 5.70 Å². The predicted octanol–water partition coefficient (Wildman–Crippen LogP) is 5.42. The minimum atomic E-state index is -0.172. The molecule has 0 saturated heterocycles. The van der Waals surface area contributed by atoms with E-state index in [1.807, 2.05) is 13.1 Å². The van der Waals surface area contributed by atoms with Gasteiger partial charge in [-0.3, -0.25) is 4.79 Å². The van der Waals surface area contributed by atoms with Crippen molar-refractivity contribution < 1.29 is 9.53 Å². The molecule has 4 nitrogen and oxygen atoms in total. The molecule has 2 saturated carbocycles. The number of benzene rings is 1. The van der Waals surface area contributed by atoms with E-state index in [9.17, 15) is 4.79 Å². The van der Waals surface area contributed by atoms with E-state index in [1.54, 1.807) is 7.11 Å². The Labute approximate surface area is 181 Å². The highest BCUT2D eigenvalue weighted by atomic mass is 16.5. The van der Waals surface area contributed by atoms with Crippen molar-refractivity contribution in [3.05, 3.63) is 29.3 Å². The first-order chi connectivity index (χ1) is 14.1. The van der Waals surface area contributed by atoms with Crippen LogP contribution in [0, 0.1) is 23.2 Å². The van der Waals surface area contributed by atoms with Crippen molar-refractivity contribution in [2.24, 2.45) is 23.2 Å². The van der Waals surface area contributed by atoms with Gasteiger partial charge >= 0.3 is 0 Å². The van der Waals surface area contributed by atoms with Crippen molar-refractivity contribution >= 4 is 17.2 Å². The summed E-state index contributed by atoms with van der Waals surface area (Å²) < 4.78 is 5.59. The fourth-order valence-corrected chi connectivity index (χ4v) is 6.74. The van der Waals surface area contributed by atoms with E-state index in [2.05, 4.69) is 50.5 Å². The van der Waals surface area contributed by atoms with Gasteiger partial charge in [0, 0.05) is 35.3 Å². The van der Waals surface area contributed by atoms with Crippen LogP contribution in [0.3, 0.4) is 0 Å². The van der Waals surface area contributed by atoms with Crippen LogP contribution >= 0.6 is 0 Å². The zero-order valence-corrected chi connectivity index (χ0v) is 19.5. The van der Waals surface area contributed by atoms with Crippen molar-refractivity contribution in [1.82, 2.24) is 5.32 Å². The van der Waals surface area contributed by atoms with Gasteiger partial charge in [-0.2, -0.15) is 0 Å². The van der Waals surface area contributed by atoms with E-state index in [0.717, 1.165) is 48.4 Å². The Hall–Kier alpha value is -1.97. The molecule has 2 N–H and O–H groups in total. The molecule has 2 aliphatic carbocycles. The topological polar surface area (TPSA) is 50.4 Å². The number of methoxy groups -OCH3 is 1. The van der Waals surface area contributed by atoms with Gasteiger partial charge < -0.3 is 15.4 Å². The standard InChI is InChI=1S/C26H38N2O2/c1-16-7-18-8-17(2)13-26(12-16,14-18)24(29)11-21-20-10-22(27-5)23(30-6)9-19(20)15-25(3,4)28-21/h9-11,16-18,27-28H,7-8,12-15H2,1-6H3/b21-11-. The number of anilines is 1. The fraction of sp³-hybridized carbons (Fsp3) is 0.654. The molecule has 0 aromatic heterocycles. The first kappa shape index (κ1) is 21.3. The summed E-state index contributed by atoms with van der Waals surface area (Å²) in [6.45, 7) is 9.07. The lowest BCUT2D eigenvalue weighted by Gasteiger charge is -2.48. The quantitative estimate of drug-likeness (QED) is 0.651. The average molecular weight is 411 g/mol. The second kappa shape index (κ2) is 7.62. The van der Waals surface area contributed by atoms with Gasteiger partial charge in [0.25, 0.3) is 0 Å². The van der Waals surface area contributed by atoms with Crippen LogP contribution < -0.4 is 15.4 Å². The Bertz CT molecular complexity index is 851. The number of hydrogen-bond donors (Lipinski definition) is 2. The number of ether oxygens (including phenoxy) is 1. The molecule has 1 aliphatic heterocycles. The van der Waals surface area contributed by atoms with Crippen molar-refractivity contribution in [3.8, 4) is 5.75 Å². The molecule has 0 radical (unpaired) electrons. The number of allylic oxidation sites excluding steroid dienone is 1. The van der Waals surface area contributed by atoms with Crippen LogP contribution in [-0.4, -0.2) is 25.5 Å². The summed E-state index contributed by atoms with van der Waals surface area (Å²) >= 11 is 0. The van der Waals surface area contributed by atoms with Crippen LogP contribution in [0.2, 0.25) is 0 Å². The Kier molecular flexibility index (Phi) is 5.40. The van der Waals surface area contributed by atoms with Gasteiger partial charge in [0.05, 0.1) is 12.8 Å². The lowest BCUT2D eigenvalue weighted by atomic mass is 9.55. The van der Waals surface area contributed by atoms with E-state index in [-0.39, 0.29) is 11.0 Å². The molecular formula is C26H38N2O2. The van der Waals surface area contributed by atoms with Crippen molar-refractivity contribution in [2.75, 3.05) is 19.5 Å². The maximum absolute atomic E-state index is 13.8. The molecule has 4 heteroatoms. The number of carbonyl (C=O) groups excluding carboxylic acids is 1. The molecule has 30 heavy (non-hydrogen) atoms. The summed E-state index contributed by atoms with van der Waals surface area (Å²) in [6.07, 6.45) is 8.57. The zero-order chi connectivity index (χ0) is 21.7. The van der Waals surface area contributed by atoms with Gasteiger partial charge in [0.1, 0.15) is 5.75 Å². The van der Waals surface area contributed by atoms with E-state index >= 15 is 0 Å². The van der Waals surface area contributed by atoms with Crippen molar-refractivity contribution in [2.45, 2.75) is 71.8 Å². The first-order valence-electron chi connectivity index (χ1n) is 11.6. The third-order valence-corrected chi connectivity index (χ3v) is 7.52. The average Bonchev–Trinajstić information content (AvgIpc) is 2.64. The lowest BCUT2D eigenvalue weighted by Crippen LogP contribution is -2.46. The van der Waals surface area contributed by atoms with Crippen molar-refractivity contribution in [3.63, 3.8) is 0 Å². The fourth-order valence-electron chi connectivity index (χ4n) is 6.74. The van der Waals surface area contributed by atoms with Gasteiger partial charge in [-0.15, -0.1) is 0 Å². The number of ketones is 1. The predicted molar refractivity (Wildman–Crippen MR) is 124 cm³/mol. The number of rotatable bonds is 4. The monoisotopic (exact) mass is 410 g/mol. The Morgan fingerprint density at radius 3 is 2.43 bits per heavy atom. The Morgan fingerprint density at radius 2 is 1.83 bits per heavy atom. The highest BCUT2D eigenvalue weighted by Crippen LogP contribution is 2.53. The van der Waals surface area contributed by atoms with Crippen LogP contribution in [0.5, 0.6) is 5.75 Å². The van der Waals surface area contributed by atoms with Crippen LogP contribution in [-0.2, 0) is 11.2 Å². The number of hydrogen-bond acceptors (Lipinski definition) is 4. The third-order valence-electron chi connectivity index (χ3n) is 7.52. The normalized spacial score (nSPS) is 33.4. The van der Waals surface area contributed by atoms with E-state index in [4.69, 9.17) is 4.74 Å². The molecule has 1 heterocycles. The van der Waals surface area contributed by atoms with E-state index in [1.165, 1.54) is 18.4 Å². The Morgan fingerprint density at radius 1 is 1.17 bits per heavy atom. The number of nitrogens with one attached hydrogen (secondary N) is 2. The highest BCUT2D eigenvalue weighted by molar-refractivity contribution is 6.01. The second-order valence-electron chi connectivity index (χ2n) is 11.0. The van der Waals surface area contributed by atoms with Gasteiger partial charge in [-0.1, -0.05) is 13.8 Å². The molecule has 1 aromatic rings. The molecule has 1 aromatic carbocycles. The van der Waals surface area contributed by atoms with Crippen molar-refractivity contribution in [1.29, 1.82) is 0 Å². The summed E-state index contributed by atoms with van der Waals surface area (Å²) in [6, 6.07) is 4.25. The van der Waals surface area contributed by atoms with E-state index in [0.29, 0.717) is 23.5 Å². The zero-order valence-electron chi connectivity index (χ0n) is 19.5. The van der Waals surface area contributed by atoms with Gasteiger partial charge in [-0.05, 0) is 87.8 Å². The molecule has 164 valence electrons. The van der Waals surface area contributed by atoms with Crippen LogP contribution in [0.1, 0.15) is 70.9 Å². The molecule has 0 amide bonds. The first-order valence-corrected chi connectivity index (χ1v) is 11.6. The van der Waals surface area contributed by atoms with Gasteiger partial charge in [-0.25, -0.2) is 0 Å². The molecule has 2 atom stereocenters.